The largest absolute Gasteiger partial charge is 0.323 e. The maximum atomic E-state index is 12.8. The third kappa shape index (κ3) is 8.13. The summed E-state index contributed by atoms with van der Waals surface area (Å²) >= 11 is 0. The lowest BCUT2D eigenvalue weighted by Gasteiger charge is -2.07. The van der Waals surface area contributed by atoms with Crippen molar-refractivity contribution in [3.8, 4) is 22.3 Å². The topological polar surface area (TPSA) is 66.0 Å². The van der Waals surface area contributed by atoms with Gasteiger partial charge in [0, 0.05) is 59.1 Å². The Balaban J connectivity index is 1.13. The predicted octanol–water partition coefficient (Wildman–Crippen LogP) is 7.32. The zero-order chi connectivity index (χ0) is 30.7. The number of carbonyl (C=O) groups is 2. The van der Waals surface area contributed by atoms with Crippen molar-refractivity contribution >= 4 is 29.3 Å². The molecule has 5 rings (SSSR count). The number of nitrogens with zero attached hydrogens (tertiary/aromatic N) is 2. The molecular weight excluding hydrogens is 544 g/mol. The van der Waals surface area contributed by atoms with Gasteiger partial charge in [-0.1, -0.05) is 50.2 Å². The van der Waals surface area contributed by atoms with Gasteiger partial charge in [0.05, 0.1) is 0 Å². The molecule has 0 spiro atoms. The molecule has 0 saturated carbocycles. The summed E-state index contributed by atoms with van der Waals surface area (Å²) in [4.78, 5) is 25.4. The van der Waals surface area contributed by atoms with Crippen LogP contribution in [-0.2, 0) is 17.9 Å². The minimum Gasteiger partial charge on any atom is -0.323 e. The van der Waals surface area contributed by atoms with Crippen LogP contribution in [0.15, 0.2) is 128 Å². The molecule has 2 amide bonds. The van der Waals surface area contributed by atoms with Crippen molar-refractivity contribution in [1.29, 1.82) is 0 Å². The lowest BCUT2D eigenvalue weighted by Crippen LogP contribution is -2.32. The van der Waals surface area contributed by atoms with Crippen molar-refractivity contribution in [1.82, 2.24) is 0 Å². The Bertz CT molecular complexity index is 1740. The summed E-state index contributed by atoms with van der Waals surface area (Å²) in [6.45, 7) is 6.28. The van der Waals surface area contributed by atoms with Crippen LogP contribution in [0.25, 0.3) is 28.3 Å². The monoisotopic (exact) mass is 582 g/mol. The number of amides is 2. The van der Waals surface area contributed by atoms with Crippen LogP contribution in [0.3, 0.4) is 0 Å². The van der Waals surface area contributed by atoms with Gasteiger partial charge in [-0.15, -0.1) is 0 Å². The highest BCUT2D eigenvalue weighted by Gasteiger charge is 2.09. The van der Waals surface area contributed by atoms with E-state index in [0.717, 1.165) is 65.1 Å². The van der Waals surface area contributed by atoms with Crippen LogP contribution in [0.4, 0.5) is 11.4 Å². The van der Waals surface area contributed by atoms with Crippen LogP contribution in [0, 0.1) is 0 Å². The van der Waals surface area contributed by atoms with E-state index in [4.69, 9.17) is 0 Å². The maximum Gasteiger partial charge on any atom is 0.255 e. The standard InChI is InChI=1S/C38H36N4O2/c1-3-23-41-25-5-7-33(27-41)30-14-18-35(19-15-30)39-37(43)22-11-29-9-12-32(13-10-29)38(44)40-36-20-16-31(17-21-36)34-8-6-26-42(28-34)24-4-2/h5-22,25-28H,3-4,23-24H2,1-2H3/p+2/b22-11+. The van der Waals surface area contributed by atoms with Gasteiger partial charge in [-0.05, 0) is 71.3 Å². The maximum absolute atomic E-state index is 12.8. The Morgan fingerprint density at radius 3 is 1.61 bits per heavy atom. The van der Waals surface area contributed by atoms with E-state index in [9.17, 15) is 9.59 Å². The van der Waals surface area contributed by atoms with Crippen molar-refractivity contribution in [3.05, 3.63) is 139 Å². The Labute approximate surface area is 259 Å². The highest BCUT2D eigenvalue weighted by molar-refractivity contribution is 6.05. The predicted molar refractivity (Wildman–Crippen MR) is 177 cm³/mol. The average Bonchev–Trinajstić information content (AvgIpc) is 3.05. The van der Waals surface area contributed by atoms with Crippen LogP contribution in [0.5, 0.6) is 0 Å². The molecule has 0 fully saturated rings. The number of anilines is 2. The molecule has 2 aromatic heterocycles. The van der Waals surface area contributed by atoms with E-state index in [1.54, 1.807) is 18.2 Å². The van der Waals surface area contributed by atoms with Gasteiger partial charge in [-0.3, -0.25) is 9.59 Å². The number of hydrogen-bond acceptors (Lipinski definition) is 2. The van der Waals surface area contributed by atoms with Gasteiger partial charge in [-0.25, -0.2) is 9.13 Å². The Morgan fingerprint density at radius 1 is 0.614 bits per heavy atom. The molecule has 2 N–H and O–H groups in total. The molecule has 2 heterocycles. The van der Waals surface area contributed by atoms with Crippen molar-refractivity contribution in [2.24, 2.45) is 0 Å². The van der Waals surface area contributed by atoms with Gasteiger partial charge in [0.25, 0.3) is 5.91 Å². The first-order chi connectivity index (χ1) is 21.5. The molecule has 0 bridgehead atoms. The number of rotatable bonds is 11. The van der Waals surface area contributed by atoms with Crippen LogP contribution in [0.1, 0.15) is 42.6 Å². The summed E-state index contributed by atoms with van der Waals surface area (Å²) in [5, 5.41) is 5.87. The molecule has 220 valence electrons. The molecular formula is C38H38N4O2+2. The van der Waals surface area contributed by atoms with E-state index < -0.39 is 0 Å². The smallest absolute Gasteiger partial charge is 0.255 e. The molecule has 0 saturated heterocycles. The second-order valence-corrected chi connectivity index (χ2v) is 10.7. The summed E-state index contributed by atoms with van der Waals surface area (Å²) in [5.74, 6) is -0.412. The number of carbonyl (C=O) groups excluding carboxylic acids is 2. The lowest BCUT2D eigenvalue weighted by molar-refractivity contribution is -0.696. The Morgan fingerprint density at radius 2 is 1.11 bits per heavy atom. The molecule has 0 atom stereocenters. The van der Waals surface area contributed by atoms with Crippen molar-refractivity contribution < 1.29 is 18.7 Å². The summed E-state index contributed by atoms with van der Waals surface area (Å²) in [6.07, 6.45) is 13.8. The molecule has 6 heteroatoms. The second-order valence-electron chi connectivity index (χ2n) is 10.7. The van der Waals surface area contributed by atoms with E-state index >= 15 is 0 Å². The second kappa shape index (κ2) is 14.7. The summed E-state index contributed by atoms with van der Waals surface area (Å²) in [7, 11) is 0. The molecule has 3 aromatic carbocycles. The highest BCUT2D eigenvalue weighted by Crippen LogP contribution is 2.22. The summed E-state index contributed by atoms with van der Waals surface area (Å²) in [5.41, 5.74) is 7.28. The van der Waals surface area contributed by atoms with Gasteiger partial charge in [0.2, 0.25) is 5.91 Å². The van der Waals surface area contributed by atoms with Crippen LogP contribution >= 0.6 is 0 Å². The molecule has 0 radical (unpaired) electrons. The van der Waals surface area contributed by atoms with Gasteiger partial charge in [0.1, 0.15) is 13.1 Å². The normalized spacial score (nSPS) is 11.0. The zero-order valence-electron chi connectivity index (χ0n) is 25.2. The van der Waals surface area contributed by atoms with E-state index in [0.29, 0.717) is 5.56 Å². The van der Waals surface area contributed by atoms with Gasteiger partial charge >= 0.3 is 0 Å². The zero-order valence-corrected chi connectivity index (χ0v) is 25.2. The number of nitrogens with one attached hydrogen (secondary N) is 2. The fraction of sp³-hybridized carbons (Fsp3) is 0.158. The molecule has 6 nitrogen and oxygen atoms in total. The molecule has 44 heavy (non-hydrogen) atoms. The number of aryl methyl sites for hydroxylation is 2. The fourth-order valence-corrected chi connectivity index (χ4v) is 4.98. The van der Waals surface area contributed by atoms with E-state index in [1.807, 2.05) is 60.7 Å². The van der Waals surface area contributed by atoms with E-state index in [2.05, 4.69) is 82.7 Å². The van der Waals surface area contributed by atoms with Crippen molar-refractivity contribution in [2.45, 2.75) is 39.8 Å². The minimum atomic E-state index is -0.223. The van der Waals surface area contributed by atoms with Crippen LogP contribution < -0.4 is 19.8 Å². The molecule has 5 aromatic rings. The summed E-state index contributed by atoms with van der Waals surface area (Å²) < 4.78 is 4.36. The van der Waals surface area contributed by atoms with Crippen LogP contribution in [-0.4, -0.2) is 11.8 Å². The van der Waals surface area contributed by atoms with Crippen molar-refractivity contribution in [2.75, 3.05) is 10.6 Å². The molecule has 0 aliphatic rings. The lowest BCUT2D eigenvalue weighted by atomic mass is 10.1. The Kier molecular flexibility index (Phi) is 10.1. The van der Waals surface area contributed by atoms with Gasteiger partial charge in [-0.2, -0.15) is 0 Å². The van der Waals surface area contributed by atoms with E-state index in [1.165, 1.54) is 6.08 Å². The molecule has 0 unspecified atom stereocenters. The van der Waals surface area contributed by atoms with Crippen molar-refractivity contribution in [3.63, 3.8) is 0 Å². The average molecular weight is 583 g/mol. The van der Waals surface area contributed by atoms with Gasteiger partial charge in [0.15, 0.2) is 24.8 Å². The number of hydrogen-bond donors (Lipinski definition) is 2. The first-order valence-electron chi connectivity index (χ1n) is 15.1. The van der Waals surface area contributed by atoms with Gasteiger partial charge < -0.3 is 10.6 Å². The molecule has 0 aliphatic heterocycles. The SMILES string of the molecule is CCC[n+]1cccc(-c2ccc(NC(=O)/C=C/c3ccc(C(=O)Nc4ccc(-c5ccc[n+](CCC)c5)cc4)cc3)cc2)c1. The third-order valence-corrected chi connectivity index (χ3v) is 7.24. The number of aromatic nitrogens is 2. The number of benzene rings is 3. The number of pyridine rings is 2. The fourth-order valence-electron chi connectivity index (χ4n) is 4.98. The summed E-state index contributed by atoms with van der Waals surface area (Å²) in [6, 6.07) is 31.1. The quantitative estimate of drug-likeness (QED) is 0.127. The third-order valence-electron chi connectivity index (χ3n) is 7.24. The highest BCUT2D eigenvalue weighted by atomic mass is 16.2. The molecule has 0 aliphatic carbocycles. The van der Waals surface area contributed by atoms with Crippen LogP contribution in [0.2, 0.25) is 0 Å². The first kappa shape index (κ1) is 30.1. The van der Waals surface area contributed by atoms with E-state index in [-0.39, 0.29) is 11.8 Å². The first-order valence-corrected chi connectivity index (χ1v) is 15.1. The Hall–Kier alpha value is -5.36. The minimum absolute atomic E-state index is 0.189.